The van der Waals surface area contributed by atoms with Gasteiger partial charge in [0.15, 0.2) is 0 Å². The lowest BCUT2D eigenvalue weighted by Gasteiger charge is -2.24. The lowest BCUT2D eigenvalue weighted by atomic mass is 10.0. The van der Waals surface area contributed by atoms with Gasteiger partial charge in [-0.25, -0.2) is 4.79 Å². The summed E-state index contributed by atoms with van der Waals surface area (Å²) in [6.45, 7) is 11.0. The zero-order valence-corrected chi connectivity index (χ0v) is 25.8. The molecule has 0 aliphatic heterocycles. The second-order valence-electron chi connectivity index (χ2n) is 12.7. The number of nitrogens with two attached hydrogens (primary N) is 1. The molecule has 0 spiro atoms. The zero-order valence-electron chi connectivity index (χ0n) is 25.8. The maximum atomic E-state index is 12.4. The van der Waals surface area contributed by atoms with Crippen LogP contribution in [-0.2, 0) is 28.7 Å². The van der Waals surface area contributed by atoms with E-state index in [1.807, 2.05) is 20.8 Å². The minimum absolute atomic E-state index is 0.0154. The molecule has 0 bridgehead atoms. The smallest absolute Gasteiger partial charge is 0.329 e. The van der Waals surface area contributed by atoms with Gasteiger partial charge in [0.05, 0.1) is 0 Å². The lowest BCUT2D eigenvalue weighted by Crippen LogP contribution is -2.44. The van der Waals surface area contributed by atoms with Gasteiger partial charge in [0.25, 0.3) is 0 Å². The molecule has 3 N–H and O–H groups in total. The Morgan fingerprint density at radius 3 is 1.36 bits per heavy atom. The third kappa shape index (κ3) is 25.9. The SMILES string of the molecule is CC(C)(C)OC(=O)CCCCCCCCCCCCCCCCC(=O)NC(CCC(N)=O)C(=O)OC(C)(C)C. The summed E-state index contributed by atoms with van der Waals surface area (Å²) in [7, 11) is 0. The molecule has 8 nitrogen and oxygen atoms in total. The average Bonchev–Trinajstić information content (AvgIpc) is 2.79. The van der Waals surface area contributed by atoms with Crippen molar-refractivity contribution >= 4 is 23.8 Å². The van der Waals surface area contributed by atoms with Crippen molar-refractivity contribution in [1.82, 2.24) is 5.32 Å². The van der Waals surface area contributed by atoms with Crippen molar-refractivity contribution in [3.05, 3.63) is 0 Å². The van der Waals surface area contributed by atoms with Gasteiger partial charge in [0, 0.05) is 19.3 Å². The molecule has 0 radical (unpaired) electrons. The summed E-state index contributed by atoms with van der Waals surface area (Å²) in [6, 6.07) is -0.853. The Hall–Kier alpha value is -2.12. The molecular formula is C31H58N2O6. The van der Waals surface area contributed by atoms with Gasteiger partial charge < -0.3 is 20.5 Å². The molecule has 1 atom stereocenters. The van der Waals surface area contributed by atoms with E-state index in [0.29, 0.717) is 12.8 Å². The van der Waals surface area contributed by atoms with Crippen LogP contribution in [0.15, 0.2) is 0 Å². The largest absolute Gasteiger partial charge is 0.460 e. The Morgan fingerprint density at radius 1 is 0.590 bits per heavy atom. The fourth-order valence-electron chi connectivity index (χ4n) is 4.24. The number of carbonyl (C=O) groups excluding carboxylic acids is 4. The summed E-state index contributed by atoms with van der Waals surface area (Å²) in [6.07, 6.45) is 17.1. The van der Waals surface area contributed by atoms with Crippen LogP contribution in [0.25, 0.3) is 0 Å². The Bertz CT molecular complexity index is 709. The highest BCUT2D eigenvalue weighted by atomic mass is 16.6. The number of rotatable bonds is 22. The number of primary amides is 1. The van der Waals surface area contributed by atoms with Gasteiger partial charge in [-0.1, -0.05) is 77.0 Å². The van der Waals surface area contributed by atoms with E-state index in [0.717, 1.165) is 32.1 Å². The van der Waals surface area contributed by atoms with Crippen LogP contribution in [-0.4, -0.2) is 41.0 Å². The number of hydrogen-bond donors (Lipinski definition) is 2. The van der Waals surface area contributed by atoms with Gasteiger partial charge >= 0.3 is 11.9 Å². The Morgan fingerprint density at radius 2 is 0.974 bits per heavy atom. The molecule has 0 saturated heterocycles. The van der Waals surface area contributed by atoms with Crippen LogP contribution in [0.4, 0.5) is 0 Å². The predicted octanol–water partition coefficient (Wildman–Crippen LogP) is 6.66. The van der Waals surface area contributed by atoms with Crippen LogP contribution in [0.3, 0.4) is 0 Å². The second kappa shape index (κ2) is 20.7. The van der Waals surface area contributed by atoms with Gasteiger partial charge in [0.2, 0.25) is 11.8 Å². The topological polar surface area (TPSA) is 125 Å². The fourth-order valence-corrected chi connectivity index (χ4v) is 4.24. The van der Waals surface area contributed by atoms with E-state index in [1.54, 1.807) is 20.8 Å². The normalized spacial score (nSPS) is 12.6. The van der Waals surface area contributed by atoms with E-state index in [-0.39, 0.29) is 30.3 Å². The number of carbonyl (C=O) groups is 4. The van der Waals surface area contributed by atoms with E-state index >= 15 is 0 Å². The summed E-state index contributed by atoms with van der Waals surface area (Å²) >= 11 is 0. The summed E-state index contributed by atoms with van der Waals surface area (Å²) in [5.41, 5.74) is 4.15. The van der Waals surface area contributed by atoms with Crippen LogP contribution in [0.2, 0.25) is 0 Å². The first-order chi connectivity index (χ1) is 18.2. The third-order valence-electron chi connectivity index (χ3n) is 6.16. The molecule has 228 valence electrons. The van der Waals surface area contributed by atoms with E-state index in [4.69, 9.17) is 15.2 Å². The summed E-state index contributed by atoms with van der Waals surface area (Å²) in [5, 5.41) is 2.72. The Labute approximate surface area is 237 Å². The first-order valence-corrected chi connectivity index (χ1v) is 15.2. The lowest BCUT2D eigenvalue weighted by molar-refractivity contribution is -0.159. The maximum Gasteiger partial charge on any atom is 0.329 e. The highest BCUT2D eigenvalue weighted by molar-refractivity contribution is 5.85. The minimum Gasteiger partial charge on any atom is -0.460 e. The summed E-state index contributed by atoms with van der Waals surface area (Å²) in [5.74, 6) is -1.33. The molecule has 0 heterocycles. The van der Waals surface area contributed by atoms with Crippen molar-refractivity contribution in [2.45, 2.75) is 174 Å². The van der Waals surface area contributed by atoms with Crippen molar-refractivity contribution < 1.29 is 28.7 Å². The highest BCUT2D eigenvalue weighted by Crippen LogP contribution is 2.15. The quantitative estimate of drug-likeness (QED) is 0.114. The number of amides is 2. The van der Waals surface area contributed by atoms with Gasteiger partial charge in [0.1, 0.15) is 17.2 Å². The van der Waals surface area contributed by atoms with Crippen LogP contribution < -0.4 is 11.1 Å². The number of hydrogen-bond acceptors (Lipinski definition) is 6. The maximum absolute atomic E-state index is 12.4. The first-order valence-electron chi connectivity index (χ1n) is 15.2. The Balaban J connectivity index is 3.71. The molecule has 1 unspecified atom stereocenters. The van der Waals surface area contributed by atoms with Crippen LogP contribution >= 0.6 is 0 Å². The Kier molecular flexibility index (Phi) is 19.6. The van der Waals surface area contributed by atoms with Crippen molar-refractivity contribution in [2.24, 2.45) is 5.73 Å². The van der Waals surface area contributed by atoms with Crippen molar-refractivity contribution in [2.75, 3.05) is 0 Å². The van der Waals surface area contributed by atoms with E-state index in [9.17, 15) is 19.2 Å². The molecule has 0 aliphatic rings. The van der Waals surface area contributed by atoms with E-state index in [1.165, 1.54) is 57.8 Å². The summed E-state index contributed by atoms with van der Waals surface area (Å²) in [4.78, 5) is 47.5. The monoisotopic (exact) mass is 554 g/mol. The molecule has 0 aromatic heterocycles. The molecule has 0 aliphatic carbocycles. The molecule has 39 heavy (non-hydrogen) atoms. The van der Waals surface area contributed by atoms with Crippen LogP contribution in [0.5, 0.6) is 0 Å². The molecule has 0 rings (SSSR count). The molecule has 0 aromatic rings. The average molecular weight is 555 g/mol. The van der Waals surface area contributed by atoms with Crippen LogP contribution in [0, 0.1) is 0 Å². The summed E-state index contributed by atoms with van der Waals surface area (Å²) < 4.78 is 10.7. The molecule has 8 heteroatoms. The van der Waals surface area contributed by atoms with E-state index < -0.39 is 23.5 Å². The number of nitrogens with one attached hydrogen (secondary N) is 1. The van der Waals surface area contributed by atoms with Gasteiger partial charge in [-0.3, -0.25) is 14.4 Å². The highest BCUT2D eigenvalue weighted by Gasteiger charge is 2.26. The van der Waals surface area contributed by atoms with Gasteiger partial charge in [-0.05, 0) is 60.8 Å². The van der Waals surface area contributed by atoms with Gasteiger partial charge in [-0.15, -0.1) is 0 Å². The predicted molar refractivity (Wildman–Crippen MR) is 156 cm³/mol. The van der Waals surface area contributed by atoms with Crippen LogP contribution in [0.1, 0.15) is 157 Å². The minimum atomic E-state index is -0.853. The molecule has 0 fully saturated rings. The second-order valence-corrected chi connectivity index (χ2v) is 12.7. The number of unbranched alkanes of at least 4 members (excludes halogenated alkanes) is 13. The first kappa shape index (κ1) is 36.9. The van der Waals surface area contributed by atoms with Crippen molar-refractivity contribution in [3.63, 3.8) is 0 Å². The van der Waals surface area contributed by atoms with Gasteiger partial charge in [-0.2, -0.15) is 0 Å². The fraction of sp³-hybridized carbons (Fsp3) is 0.871. The molecule has 0 aromatic carbocycles. The van der Waals surface area contributed by atoms with E-state index in [2.05, 4.69) is 5.32 Å². The standard InChI is InChI=1S/C31H58N2O6/c1-30(2,3)38-28(36)22-20-18-16-14-12-10-8-7-9-11-13-15-17-19-21-27(35)33-25(23-24-26(32)34)29(37)39-31(4,5)6/h25H,7-24H2,1-6H3,(H2,32,34)(H,33,35). The molecule has 0 saturated carbocycles. The number of ether oxygens (including phenoxy) is 2. The number of esters is 2. The third-order valence-corrected chi connectivity index (χ3v) is 6.16. The molecule has 2 amide bonds. The van der Waals surface area contributed by atoms with Crippen molar-refractivity contribution in [3.8, 4) is 0 Å². The van der Waals surface area contributed by atoms with Crippen molar-refractivity contribution in [1.29, 1.82) is 0 Å². The molecular weight excluding hydrogens is 496 g/mol. The zero-order chi connectivity index (χ0) is 29.7.